The van der Waals surface area contributed by atoms with Gasteiger partial charge in [-0.1, -0.05) is 17.7 Å². The molecule has 0 bridgehead atoms. The fraction of sp³-hybridized carbons (Fsp3) is 0.455. The van der Waals surface area contributed by atoms with Crippen molar-refractivity contribution in [3.05, 3.63) is 47.2 Å². The number of hydrogen-bond acceptors (Lipinski definition) is 7. The Bertz CT molecular complexity index is 848. The lowest BCUT2D eigenvalue weighted by molar-refractivity contribution is -0.153. The molecule has 0 saturated heterocycles. The van der Waals surface area contributed by atoms with Gasteiger partial charge in [-0.05, 0) is 50.9 Å². The van der Waals surface area contributed by atoms with E-state index in [2.05, 4.69) is 17.2 Å². The van der Waals surface area contributed by atoms with Crippen molar-refractivity contribution in [2.75, 3.05) is 26.4 Å². The third-order valence-corrected chi connectivity index (χ3v) is 4.73. The molecule has 30 heavy (non-hydrogen) atoms. The molecule has 162 valence electrons. The highest BCUT2D eigenvalue weighted by Gasteiger charge is 2.28. The van der Waals surface area contributed by atoms with E-state index in [9.17, 15) is 4.79 Å². The first-order chi connectivity index (χ1) is 14.5. The minimum Gasteiger partial charge on any atom is -0.492 e. The smallest absolute Gasteiger partial charge is 0.350 e. The molecule has 8 heteroatoms. The van der Waals surface area contributed by atoms with Gasteiger partial charge in [0.2, 0.25) is 6.10 Å². The molecule has 2 atom stereocenters. The predicted octanol–water partition coefficient (Wildman–Crippen LogP) is 3.43. The van der Waals surface area contributed by atoms with E-state index in [4.69, 9.17) is 30.5 Å². The topological polar surface area (TPSA) is 78.9 Å². The minimum absolute atomic E-state index is 0.158. The van der Waals surface area contributed by atoms with Gasteiger partial charge in [0.25, 0.3) is 0 Å². The largest absolute Gasteiger partial charge is 0.492 e. The first-order valence-corrected chi connectivity index (χ1v) is 10.5. The summed E-state index contributed by atoms with van der Waals surface area (Å²) >= 11 is 5.89. The molecule has 2 aromatic rings. The van der Waals surface area contributed by atoms with Gasteiger partial charge in [-0.25, -0.2) is 4.79 Å². The summed E-state index contributed by atoms with van der Waals surface area (Å²) in [7, 11) is 0. The van der Waals surface area contributed by atoms with Gasteiger partial charge in [0.05, 0.1) is 24.4 Å². The van der Waals surface area contributed by atoms with Gasteiger partial charge in [-0.3, -0.25) is 4.98 Å². The number of benzene rings is 1. The van der Waals surface area contributed by atoms with E-state index in [1.54, 1.807) is 25.4 Å². The van der Waals surface area contributed by atoms with E-state index in [1.807, 2.05) is 18.2 Å². The van der Waals surface area contributed by atoms with Crippen LogP contribution in [0.25, 0.3) is 0 Å². The van der Waals surface area contributed by atoms with Gasteiger partial charge in [0.1, 0.15) is 12.4 Å². The summed E-state index contributed by atoms with van der Waals surface area (Å²) in [5, 5.41) is 4.05. The Kier molecular flexibility index (Phi) is 8.16. The number of aromatic nitrogens is 1. The van der Waals surface area contributed by atoms with Gasteiger partial charge >= 0.3 is 5.97 Å². The summed E-state index contributed by atoms with van der Waals surface area (Å²) in [5.41, 5.74) is 1.13. The number of halogens is 1. The predicted molar refractivity (Wildman–Crippen MR) is 114 cm³/mol. The van der Waals surface area contributed by atoms with Gasteiger partial charge in [0, 0.05) is 18.3 Å². The highest BCUT2D eigenvalue weighted by Crippen LogP contribution is 2.33. The van der Waals surface area contributed by atoms with E-state index < -0.39 is 12.1 Å². The first-order valence-electron chi connectivity index (χ1n) is 10.1. The number of esters is 1. The lowest BCUT2D eigenvalue weighted by Gasteiger charge is -2.25. The van der Waals surface area contributed by atoms with Crippen LogP contribution in [0.2, 0.25) is 5.02 Å². The molecule has 3 rings (SSSR count). The second kappa shape index (κ2) is 11.0. The number of ether oxygens (including phenoxy) is 4. The van der Waals surface area contributed by atoms with E-state index in [1.165, 1.54) is 0 Å². The fourth-order valence-corrected chi connectivity index (χ4v) is 3.27. The van der Waals surface area contributed by atoms with Gasteiger partial charge < -0.3 is 24.3 Å². The molecule has 1 unspecified atom stereocenters. The van der Waals surface area contributed by atoms with Crippen LogP contribution in [0.3, 0.4) is 0 Å². The Morgan fingerprint density at radius 3 is 3.00 bits per heavy atom. The third kappa shape index (κ3) is 6.50. The van der Waals surface area contributed by atoms with Crippen LogP contribution in [-0.2, 0) is 16.0 Å². The average molecular weight is 435 g/mol. The van der Waals surface area contributed by atoms with Crippen LogP contribution >= 0.6 is 11.6 Å². The summed E-state index contributed by atoms with van der Waals surface area (Å²) in [6, 6.07) is 7.83. The summed E-state index contributed by atoms with van der Waals surface area (Å²) < 4.78 is 22.0. The molecule has 1 aliphatic rings. The molecule has 0 spiro atoms. The molecule has 0 aliphatic carbocycles. The number of pyridine rings is 1. The zero-order valence-corrected chi connectivity index (χ0v) is 18.0. The number of nitrogens with one attached hydrogen (secondary N) is 1. The van der Waals surface area contributed by atoms with Crippen molar-refractivity contribution in [2.24, 2.45) is 0 Å². The summed E-state index contributed by atoms with van der Waals surface area (Å²) in [4.78, 5) is 15.8. The molecule has 1 aromatic heterocycles. The Hall–Kier alpha value is -2.51. The van der Waals surface area contributed by atoms with Crippen LogP contribution in [0.15, 0.2) is 36.7 Å². The summed E-state index contributed by atoms with van der Waals surface area (Å²) in [5.74, 6) is 1.50. The van der Waals surface area contributed by atoms with Crippen molar-refractivity contribution in [2.45, 2.75) is 38.8 Å². The molecular formula is C22H27ClN2O5. The Balaban J connectivity index is 1.39. The Morgan fingerprint density at radius 1 is 1.33 bits per heavy atom. The molecule has 1 aromatic carbocycles. The highest BCUT2D eigenvalue weighted by atomic mass is 35.5. The van der Waals surface area contributed by atoms with Crippen molar-refractivity contribution in [1.29, 1.82) is 0 Å². The lowest BCUT2D eigenvalue weighted by atomic mass is 10.1. The first kappa shape index (κ1) is 22.2. The number of hydrogen-bond donors (Lipinski definition) is 1. The van der Waals surface area contributed by atoms with Crippen molar-refractivity contribution in [3.8, 4) is 17.2 Å². The number of carbonyl (C=O) groups excluding carboxylic acids is 1. The van der Waals surface area contributed by atoms with Crippen LogP contribution in [0.4, 0.5) is 0 Å². The maximum absolute atomic E-state index is 11.8. The van der Waals surface area contributed by atoms with Gasteiger partial charge in [0.15, 0.2) is 11.5 Å². The fourth-order valence-electron chi connectivity index (χ4n) is 3.10. The SMILES string of the molecule is CCOC(=O)C1COc2cc(C[C@@H](C)NCCCOc3cncc(Cl)c3)ccc2O1. The molecule has 1 N–H and O–H groups in total. The number of fused-ring (bicyclic) bond motifs is 1. The van der Waals surface area contributed by atoms with Crippen molar-refractivity contribution < 1.29 is 23.7 Å². The van der Waals surface area contributed by atoms with E-state index in [-0.39, 0.29) is 12.6 Å². The molecule has 0 amide bonds. The van der Waals surface area contributed by atoms with Gasteiger partial charge in [-0.2, -0.15) is 0 Å². The maximum Gasteiger partial charge on any atom is 0.350 e. The highest BCUT2D eigenvalue weighted by molar-refractivity contribution is 6.30. The van der Waals surface area contributed by atoms with Crippen LogP contribution in [0, 0.1) is 0 Å². The van der Waals surface area contributed by atoms with E-state index >= 15 is 0 Å². The van der Waals surface area contributed by atoms with Crippen LogP contribution < -0.4 is 19.5 Å². The Morgan fingerprint density at radius 2 is 2.20 bits per heavy atom. The molecular weight excluding hydrogens is 408 g/mol. The average Bonchev–Trinajstić information content (AvgIpc) is 2.73. The van der Waals surface area contributed by atoms with Crippen LogP contribution in [0.1, 0.15) is 25.8 Å². The second-order valence-corrected chi connectivity index (χ2v) is 7.49. The third-order valence-electron chi connectivity index (χ3n) is 4.52. The summed E-state index contributed by atoms with van der Waals surface area (Å²) in [6.07, 6.45) is 4.23. The second-order valence-electron chi connectivity index (χ2n) is 7.05. The van der Waals surface area contributed by atoms with Crippen molar-refractivity contribution in [3.63, 3.8) is 0 Å². The van der Waals surface area contributed by atoms with Crippen LogP contribution in [0.5, 0.6) is 17.2 Å². The van der Waals surface area contributed by atoms with Crippen molar-refractivity contribution in [1.82, 2.24) is 10.3 Å². The standard InChI is InChI=1S/C22H27ClN2O5/c1-3-27-22(26)21-14-29-20-10-16(5-6-19(20)30-21)9-15(2)25-7-4-8-28-18-11-17(23)12-24-13-18/h5-6,10-13,15,21,25H,3-4,7-9,14H2,1-2H3/t15-,21?/m1/s1. The van der Waals surface area contributed by atoms with Crippen LogP contribution in [-0.4, -0.2) is 49.5 Å². The van der Waals surface area contributed by atoms with E-state index in [0.717, 1.165) is 24.9 Å². The number of carbonyl (C=O) groups is 1. The molecule has 1 aliphatic heterocycles. The molecule has 0 fully saturated rings. The number of nitrogens with zero attached hydrogens (tertiary/aromatic N) is 1. The van der Waals surface area contributed by atoms with Crippen molar-refractivity contribution >= 4 is 17.6 Å². The zero-order valence-electron chi connectivity index (χ0n) is 17.2. The zero-order chi connectivity index (χ0) is 21.3. The summed E-state index contributed by atoms with van der Waals surface area (Å²) in [6.45, 7) is 5.80. The maximum atomic E-state index is 11.8. The quantitative estimate of drug-likeness (QED) is 0.453. The molecule has 2 heterocycles. The Labute approximate surface area is 181 Å². The monoisotopic (exact) mass is 434 g/mol. The number of rotatable bonds is 10. The minimum atomic E-state index is -0.714. The normalized spacial score (nSPS) is 16.0. The van der Waals surface area contributed by atoms with Gasteiger partial charge in [-0.15, -0.1) is 0 Å². The lowest BCUT2D eigenvalue weighted by Crippen LogP contribution is -2.37. The molecule has 7 nitrogen and oxygen atoms in total. The molecule has 0 saturated carbocycles. The van der Waals surface area contributed by atoms with E-state index in [0.29, 0.717) is 35.5 Å². The molecule has 0 radical (unpaired) electrons.